The SMILES string of the molecule is CCC(NC(=O)c1cccc2cc3cccc(Cl)c3nc12)N(C)C(CC)NC(=O)c1cccc2cc3cccc(Cl)c3nc12. The van der Waals surface area contributed by atoms with Gasteiger partial charge in [-0.25, -0.2) is 9.97 Å². The number of benzene rings is 4. The molecule has 2 unspecified atom stereocenters. The molecule has 6 aromatic rings. The number of nitrogens with zero attached hydrogens (tertiary/aromatic N) is 3. The third kappa shape index (κ3) is 5.54. The van der Waals surface area contributed by atoms with Gasteiger partial charge < -0.3 is 10.6 Å². The van der Waals surface area contributed by atoms with Crippen molar-refractivity contribution in [3.05, 3.63) is 106 Å². The summed E-state index contributed by atoms with van der Waals surface area (Å²) in [4.78, 5) is 38.9. The Hall–Kier alpha value is -4.30. The number of hydrogen-bond donors (Lipinski definition) is 2. The number of pyridine rings is 2. The highest BCUT2D eigenvalue weighted by Crippen LogP contribution is 2.28. The zero-order chi connectivity index (χ0) is 31.0. The van der Waals surface area contributed by atoms with E-state index in [-0.39, 0.29) is 24.1 Å². The molecule has 0 aliphatic heterocycles. The lowest BCUT2D eigenvalue weighted by atomic mass is 10.1. The van der Waals surface area contributed by atoms with Crippen molar-refractivity contribution in [2.24, 2.45) is 0 Å². The fourth-order valence-electron chi connectivity index (χ4n) is 5.72. The normalized spacial score (nSPS) is 13.0. The number of fused-ring (bicyclic) bond motifs is 4. The fourth-order valence-corrected chi connectivity index (χ4v) is 6.17. The largest absolute Gasteiger partial charge is 0.336 e. The number of nitrogens with one attached hydrogen (secondary N) is 2. The van der Waals surface area contributed by atoms with Gasteiger partial charge in [0.2, 0.25) is 0 Å². The molecule has 0 aliphatic carbocycles. The van der Waals surface area contributed by atoms with Gasteiger partial charge in [0.15, 0.2) is 0 Å². The molecule has 2 atom stereocenters. The van der Waals surface area contributed by atoms with Gasteiger partial charge in [-0.1, -0.05) is 85.6 Å². The Bertz CT molecular complexity index is 1920. The Morgan fingerprint density at radius 1 is 0.636 bits per heavy atom. The van der Waals surface area contributed by atoms with Gasteiger partial charge in [-0.05, 0) is 56.3 Å². The average Bonchev–Trinajstić information content (AvgIpc) is 3.03. The van der Waals surface area contributed by atoms with E-state index in [4.69, 9.17) is 33.2 Å². The first-order valence-corrected chi connectivity index (χ1v) is 15.3. The van der Waals surface area contributed by atoms with Crippen LogP contribution in [0.2, 0.25) is 10.0 Å². The zero-order valence-electron chi connectivity index (χ0n) is 24.6. The zero-order valence-corrected chi connectivity index (χ0v) is 26.1. The van der Waals surface area contributed by atoms with Crippen LogP contribution in [0.25, 0.3) is 43.6 Å². The second-order valence-corrected chi connectivity index (χ2v) is 11.6. The first-order valence-electron chi connectivity index (χ1n) is 14.6. The molecule has 0 bridgehead atoms. The van der Waals surface area contributed by atoms with Crippen LogP contribution in [0.3, 0.4) is 0 Å². The molecule has 0 saturated carbocycles. The minimum absolute atomic E-state index is 0.253. The van der Waals surface area contributed by atoms with Gasteiger partial charge in [0, 0.05) is 21.5 Å². The molecule has 2 N–H and O–H groups in total. The van der Waals surface area contributed by atoms with Crippen LogP contribution in [0.15, 0.2) is 84.9 Å². The molecule has 9 heteroatoms. The maximum absolute atomic E-state index is 13.7. The maximum atomic E-state index is 13.7. The number of hydrogen-bond acceptors (Lipinski definition) is 5. The number of amides is 2. The fraction of sp³-hybridized carbons (Fsp3) is 0.200. The summed E-state index contributed by atoms with van der Waals surface area (Å²) >= 11 is 12.8. The molecule has 2 heterocycles. The summed E-state index contributed by atoms with van der Waals surface area (Å²) in [6.45, 7) is 3.99. The lowest BCUT2D eigenvalue weighted by molar-refractivity contribution is 0.0701. The molecule has 0 spiro atoms. The van der Waals surface area contributed by atoms with Gasteiger partial charge in [0.25, 0.3) is 11.8 Å². The van der Waals surface area contributed by atoms with E-state index in [1.54, 1.807) is 24.3 Å². The first-order chi connectivity index (χ1) is 21.3. The highest BCUT2D eigenvalue weighted by Gasteiger charge is 2.26. The van der Waals surface area contributed by atoms with E-state index in [0.717, 1.165) is 21.5 Å². The van der Waals surface area contributed by atoms with Crippen LogP contribution >= 0.6 is 23.2 Å². The minimum atomic E-state index is -0.361. The van der Waals surface area contributed by atoms with Crippen molar-refractivity contribution in [3.63, 3.8) is 0 Å². The molecular formula is C35H31Cl2N5O2. The lowest BCUT2D eigenvalue weighted by Crippen LogP contribution is -2.55. The third-order valence-corrected chi connectivity index (χ3v) is 8.69. The van der Waals surface area contributed by atoms with E-state index in [0.29, 0.717) is 56.1 Å². The second-order valence-electron chi connectivity index (χ2n) is 10.8. The molecule has 0 radical (unpaired) electrons. The van der Waals surface area contributed by atoms with Crippen LogP contribution in [-0.4, -0.2) is 46.1 Å². The minimum Gasteiger partial charge on any atom is -0.336 e. The molecule has 6 rings (SSSR count). The van der Waals surface area contributed by atoms with Crippen molar-refractivity contribution in [2.45, 2.75) is 39.0 Å². The van der Waals surface area contributed by atoms with Crippen molar-refractivity contribution in [3.8, 4) is 0 Å². The number of carbonyl (C=O) groups is 2. The summed E-state index contributed by atoms with van der Waals surface area (Å²) in [6, 6.07) is 26.3. The maximum Gasteiger partial charge on any atom is 0.254 e. The van der Waals surface area contributed by atoms with Gasteiger partial charge in [-0.3, -0.25) is 14.5 Å². The van der Waals surface area contributed by atoms with Crippen molar-refractivity contribution < 1.29 is 9.59 Å². The molecule has 0 fully saturated rings. The summed E-state index contributed by atoms with van der Waals surface area (Å²) in [7, 11) is 1.89. The molecule has 44 heavy (non-hydrogen) atoms. The summed E-state index contributed by atoms with van der Waals surface area (Å²) in [5.74, 6) is -0.507. The average molecular weight is 625 g/mol. The van der Waals surface area contributed by atoms with Crippen LogP contribution in [0.1, 0.15) is 47.4 Å². The van der Waals surface area contributed by atoms with Gasteiger partial charge in [-0.15, -0.1) is 0 Å². The van der Waals surface area contributed by atoms with Crippen LogP contribution in [-0.2, 0) is 0 Å². The van der Waals surface area contributed by atoms with Gasteiger partial charge >= 0.3 is 0 Å². The standard InChI is InChI=1S/C35H31Cl2N5O2/c1-4-28(38-34(43)24-14-6-10-20-18-22-12-8-16-26(36)32(22)40-30(20)24)42(3)29(5-2)39-35(44)25-15-7-11-21-19-23-13-9-17-27(37)33(23)41-31(21)25/h6-19,28-29H,4-5H2,1-3H3,(H,38,43)(H,39,44). The predicted octanol–water partition coefficient (Wildman–Crippen LogP) is 7.96. The Morgan fingerprint density at radius 3 is 1.39 bits per heavy atom. The lowest BCUT2D eigenvalue weighted by Gasteiger charge is -2.35. The highest BCUT2D eigenvalue weighted by molar-refractivity contribution is 6.35. The molecular weight excluding hydrogens is 593 g/mol. The van der Waals surface area contributed by atoms with E-state index in [1.807, 2.05) is 86.5 Å². The Kier molecular flexibility index (Phi) is 8.36. The second kappa shape index (κ2) is 12.4. The Morgan fingerprint density at radius 2 is 1.00 bits per heavy atom. The number of para-hydroxylation sites is 4. The quantitative estimate of drug-likeness (QED) is 0.133. The van der Waals surface area contributed by atoms with Gasteiger partial charge in [0.1, 0.15) is 0 Å². The topological polar surface area (TPSA) is 87.2 Å². The van der Waals surface area contributed by atoms with E-state index in [9.17, 15) is 9.59 Å². The molecule has 2 aromatic heterocycles. The Labute approximate surface area is 265 Å². The number of carbonyl (C=O) groups excluding carboxylic acids is 2. The van der Waals surface area contributed by atoms with E-state index >= 15 is 0 Å². The third-order valence-electron chi connectivity index (χ3n) is 8.08. The number of halogens is 2. The molecule has 222 valence electrons. The summed E-state index contributed by atoms with van der Waals surface area (Å²) in [5.41, 5.74) is 3.39. The predicted molar refractivity (Wildman–Crippen MR) is 179 cm³/mol. The Balaban J connectivity index is 1.25. The van der Waals surface area contributed by atoms with Crippen LogP contribution in [0, 0.1) is 0 Å². The van der Waals surface area contributed by atoms with Crippen molar-refractivity contribution >= 4 is 78.6 Å². The van der Waals surface area contributed by atoms with Crippen LogP contribution in [0.4, 0.5) is 0 Å². The molecule has 0 aliphatic rings. The molecule has 0 saturated heterocycles. The highest BCUT2D eigenvalue weighted by atomic mass is 35.5. The summed E-state index contributed by atoms with van der Waals surface area (Å²) in [5, 5.41) is 10.9. The van der Waals surface area contributed by atoms with Gasteiger partial charge in [0.05, 0.1) is 55.6 Å². The van der Waals surface area contributed by atoms with E-state index in [2.05, 4.69) is 10.6 Å². The number of rotatable bonds is 8. The molecule has 4 aromatic carbocycles. The van der Waals surface area contributed by atoms with Crippen molar-refractivity contribution in [1.29, 1.82) is 0 Å². The summed E-state index contributed by atoms with van der Waals surface area (Å²) < 4.78 is 0. The van der Waals surface area contributed by atoms with Crippen LogP contribution < -0.4 is 10.6 Å². The van der Waals surface area contributed by atoms with Crippen molar-refractivity contribution in [1.82, 2.24) is 25.5 Å². The molecule has 7 nitrogen and oxygen atoms in total. The summed E-state index contributed by atoms with van der Waals surface area (Å²) in [6.07, 6.45) is 0.505. The van der Waals surface area contributed by atoms with Gasteiger partial charge in [-0.2, -0.15) is 0 Å². The van der Waals surface area contributed by atoms with E-state index < -0.39 is 0 Å². The van der Waals surface area contributed by atoms with Crippen LogP contribution in [0.5, 0.6) is 0 Å². The monoisotopic (exact) mass is 623 g/mol. The van der Waals surface area contributed by atoms with E-state index in [1.165, 1.54) is 0 Å². The molecule has 2 amide bonds. The number of aromatic nitrogens is 2. The first kappa shape index (κ1) is 29.8. The smallest absolute Gasteiger partial charge is 0.254 e. The van der Waals surface area contributed by atoms with Crippen molar-refractivity contribution in [2.75, 3.05) is 7.05 Å².